The Hall–Kier alpha value is -2.93. The summed E-state index contributed by atoms with van der Waals surface area (Å²) < 4.78 is 27.1. The van der Waals surface area contributed by atoms with Gasteiger partial charge in [0.15, 0.2) is 9.84 Å². The number of hydrogen-bond donors (Lipinski definition) is 0. The Morgan fingerprint density at radius 1 is 1.04 bits per heavy atom. The molecule has 7 heteroatoms. The molecule has 0 unspecified atom stereocenters. The van der Waals surface area contributed by atoms with Crippen LogP contribution in [-0.4, -0.2) is 34.2 Å². The van der Waals surface area contributed by atoms with E-state index in [4.69, 9.17) is 0 Å². The Labute approximate surface area is 158 Å². The van der Waals surface area contributed by atoms with Crippen LogP contribution in [0.4, 0.5) is 0 Å². The molecule has 2 heterocycles. The lowest BCUT2D eigenvalue weighted by Crippen LogP contribution is -2.01. The SMILES string of the molecule is CCc1c2ccc(-c3ccnn3-c3ccc(S(C)(=O)=O)cc3)cc2nn1C. The van der Waals surface area contributed by atoms with Crippen molar-refractivity contribution in [2.24, 2.45) is 7.05 Å². The molecule has 2 aromatic heterocycles. The summed E-state index contributed by atoms with van der Waals surface area (Å²) in [6, 6.07) is 14.9. The Morgan fingerprint density at radius 2 is 1.78 bits per heavy atom. The first kappa shape index (κ1) is 17.5. The van der Waals surface area contributed by atoms with E-state index < -0.39 is 9.84 Å². The molecule has 6 nitrogen and oxygen atoms in total. The van der Waals surface area contributed by atoms with E-state index in [2.05, 4.69) is 35.3 Å². The van der Waals surface area contributed by atoms with Crippen molar-refractivity contribution in [3.63, 3.8) is 0 Å². The zero-order valence-electron chi connectivity index (χ0n) is 15.4. The largest absolute Gasteiger partial charge is 0.271 e. The van der Waals surface area contributed by atoms with Crippen molar-refractivity contribution in [1.82, 2.24) is 19.6 Å². The van der Waals surface area contributed by atoms with Crippen molar-refractivity contribution in [2.45, 2.75) is 18.2 Å². The van der Waals surface area contributed by atoms with E-state index in [0.717, 1.165) is 34.3 Å². The highest BCUT2D eigenvalue weighted by Crippen LogP contribution is 2.28. The maximum Gasteiger partial charge on any atom is 0.175 e. The second-order valence-corrected chi connectivity index (χ2v) is 8.57. The molecule has 2 aromatic carbocycles. The number of rotatable bonds is 4. The van der Waals surface area contributed by atoms with E-state index in [0.29, 0.717) is 4.90 Å². The van der Waals surface area contributed by atoms with Crippen LogP contribution in [0, 0.1) is 0 Å². The fraction of sp³-hybridized carbons (Fsp3) is 0.200. The molecule has 0 saturated carbocycles. The zero-order chi connectivity index (χ0) is 19.2. The molecule has 27 heavy (non-hydrogen) atoms. The summed E-state index contributed by atoms with van der Waals surface area (Å²) in [5, 5.41) is 10.2. The van der Waals surface area contributed by atoms with Crippen LogP contribution < -0.4 is 0 Å². The molecule has 0 radical (unpaired) electrons. The fourth-order valence-corrected chi connectivity index (χ4v) is 4.03. The highest BCUT2D eigenvalue weighted by atomic mass is 32.2. The summed E-state index contributed by atoms with van der Waals surface area (Å²) in [5.74, 6) is 0. The first-order chi connectivity index (χ1) is 12.9. The number of nitrogens with zero attached hydrogens (tertiary/aromatic N) is 4. The molecular weight excluding hydrogens is 360 g/mol. The predicted octanol–water partition coefficient (Wildman–Crippen LogP) is 3.39. The van der Waals surface area contributed by atoms with E-state index in [1.807, 2.05) is 17.8 Å². The first-order valence-corrected chi connectivity index (χ1v) is 10.6. The molecular formula is C20H20N4O2S. The first-order valence-electron chi connectivity index (χ1n) is 8.69. The van der Waals surface area contributed by atoms with Crippen molar-refractivity contribution in [1.29, 1.82) is 0 Å². The summed E-state index contributed by atoms with van der Waals surface area (Å²) in [6.07, 6.45) is 3.87. The monoisotopic (exact) mass is 380 g/mol. The van der Waals surface area contributed by atoms with Gasteiger partial charge in [-0.2, -0.15) is 10.2 Å². The van der Waals surface area contributed by atoms with E-state index in [-0.39, 0.29) is 0 Å². The van der Waals surface area contributed by atoms with Gasteiger partial charge < -0.3 is 0 Å². The number of aromatic nitrogens is 4. The van der Waals surface area contributed by atoms with Crippen LogP contribution in [0.3, 0.4) is 0 Å². The predicted molar refractivity (Wildman–Crippen MR) is 106 cm³/mol. The van der Waals surface area contributed by atoms with Gasteiger partial charge in [0.05, 0.1) is 28.0 Å². The van der Waals surface area contributed by atoms with Gasteiger partial charge in [0.25, 0.3) is 0 Å². The maximum absolute atomic E-state index is 11.7. The van der Waals surface area contributed by atoms with Gasteiger partial charge in [-0.3, -0.25) is 4.68 Å². The molecule has 0 bridgehead atoms. The van der Waals surface area contributed by atoms with Gasteiger partial charge in [0, 0.05) is 29.9 Å². The number of hydrogen-bond acceptors (Lipinski definition) is 4. The van der Waals surface area contributed by atoms with Gasteiger partial charge in [-0.15, -0.1) is 0 Å². The van der Waals surface area contributed by atoms with E-state index >= 15 is 0 Å². The Bertz CT molecular complexity index is 1230. The molecule has 0 N–H and O–H groups in total. The topological polar surface area (TPSA) is 69.8 Å². The molecule has 0 fully saturated rings. The number of aryl methyl sites for hydroxylation is 2. The van der Waals surface area contributed by atoms with Gasteiger partial charge in [0.2, 0.25) is 0 Å². The third-order valence-corrected chi connectivity index (χ3v) is 5.87. The molecule has 0 aliphatic heterocycles. The summed E-state index contributed by atoms with van der Waals surface area (Å²) in [4.78, 5) is 0.293. The maximum atomic E-state index is 11.7. The van der Waals surface area contributed by atoms with Crippen LogP contribution in [0.2, 0.25) is 0 Å². The van der Waals surface area contributed by atoms with Gasteiger partial charge in [-0.05, 0) is 42.8 Å². The Balaban J connectivity index is 1.79. The number of fused-ring (bicyclic) bond motifs is 1. The third-order valence-electron chi connectivity index (χ3n) is 4.74. The lowest BCUT2D eigenvalue weighted by atomic mass is 10.1. The highest BCUT2D eigenvalue weighted by molar-refractivity contribution is 7.90. The second-order valence-electron chi connectivity index (χ2n) is 6.55. The fourth-order valence-electron chi connectivity index (χ4n) is 3.40. The molecule has 0 aliphatic rings. The van der Waals surface area contributed by atoms with Crippen molar-refractivity contribution in [3.05, 3.63) is 60.4 Å². The number of sulfone groups is 1. The molecule has 0 atom stereocenters. The van der Waals surface area contributed by atoms with Crippen LogP contribution in [0.25, 0.3) is 27.8 Å². The average molecular weight is 380 g/mol. The molecule has 0 amide bonds. The van der Waals surface area contributed by atoms with Gasteiger partial charge in [-0.1, -0.05) is 19.1 Å². The lowest BCUT2D eigenvalue weighted by Gasteiger charge is -2.09. The van der Waals surface area contributed by atoms with Crippen LogP contribution in [-0.2, 0) is 23.3 Å². The normalized spacial score (nSPS) is 12.0. The average Bonchev–Trinajstić information content (AvgIpc) is 3.24. The smallest absolute Gasteiger partial charge is 0.175 e. The quantitative estimate of drug-likeness (QED) is 0.544. The molecule has 138 valence electrons. The summed E-state index contributed by atoms with van der Waals surface area (Å²) in [5.41, 5.74) is 4.90. The second kappa shape index (κ2) is 6.35. The summed E-state index contributed by atoms with van der Waals surface area (Å²) in [7, 11) is -1.26. The van der Waals surface area contributed by atoms with Crippen molar-refractivity contribution >= 4 is 20.7 Å². The van der Waals surface area contributed by atoms with Crippen molar-refractivity contribution in [2.75, 3.05) is 6.26 Å². The highest BCUT2D eigenvalue weighted by Gasteiger charge is 2.13. The molecule has 0 aliphatic carbocycles. The van der Waals surface area contributed by atoms with E-state index in [1.165, 1.54) is 11.9 Å². The van der Waals surface area contributed by atoms with Crippen LogP contribution in [0.15, 0.2) is 59.6 Å². The van der Waals surface area contributed by atoms with Crippen molar-refractivity contribution in [3.8, 4) is 16.9 Å². The van der Waals surface area contributed by atoms with Crippen LogP contribution in [0.5, 0.6) is 0 Å². The minimum Gasteiger partial charge on any atom is -0.271 e. The summed E-state index contributed by atoms with van der Waals surface area (Å²) in [6.45, 7) is 2.12. The van der Waals surface area contributed by atoms with Crippen LogP contribution in [0.1, 0.15) is 12.6 Å². The zero-order valence-corrected chi connectivity index (χ0v) is 16.2. The Morgan fingerprint density at radius 3 is 2.44 bits per heavy atom. The number of benzene rings is 2. The molecule has 4 rings (SSSR count). The van der Waals surface area contributed by atoms with Crippen LogP contribution >= 0.6 is 0 Å². The minimum absolute atomic E-state index is 0.293. The van der Waals surface area contributed by atoms with E-state index in [1.54, 1.807) is 35.1 Å². The van der Waals surface area contributed by atoms with Crippen molar-refractivity contribution < 1.29 is 8.42 Å². The summed E-state index contributed by atoms with van der Waals surface area (Å²) >= 11 is 0. The Kier molecular flexibility index (Phi) is 4.11. The minimum atomic E-state index is -3.22. The molecule has 0 saturated heterocycles. The van der Waals surface area contributed by atoms with Gasteiger partial charge in [-0.25, -0.2) is 13.1 Å². The van der Waals surface area contributed by atoms with Gasteiger partial charge >= 0.3 is 0 Å². The molecule has 0 spiro atoms. The lowest BCUT2D eigenvalue weighted by molar-refractivity contribution is 0.602. The standard InChI is InChI=1S/C20H20N4O2S/c1-4-19-17-10-5-14(13-18(17)22-23(19)2)20-11-12-21-24(20)15-6-8-16(9-7-15)27(3,25)26/h5-13H,4H2,1-3H3. The molecule has 4 aromatic rings. The van der Waals surface area contributed by atoms with E-state index in [9.17, 15) is 8.42 Å². The third kappa shape index (κ3) is 3.04. The van der Waals surface area contributed by atoms with Gasteiger partial charge in [0.1, 0.15) is 0 Å².